The van der Waals surface area contributed by atoms with Gasteiger partial charge < -0.3 is 10.4 Å². The Hall–Kier alpha value is -0.870. The van der Waals surface area contributed by atoms with Crippen LogP contribution in [0.3, 0.4) is 0 Å². The predicted octanol–water partition coefficient (Wildman–Crippen LogP) is 1.50. The smallest absolute Gasteiger partial charge is 0.0644 e. The lowest BCUT2D eigenvalue weighted by Crippen LogP contribution is -2.34. The summed E-state index contributed by atoms with van der Waals surface area (Å²) >= 11 is 0. The number of rotatable bonds is 4. The fraction of sp³-hybridized carbons (Fsp3) is 0.769. The van der Waals surface area contributed by atoms with Crippen molar-refractivity contribution in [3.05, 3.63) is 17.5 Å². The zero-order valence-corrected chi connectivity index (χ0v) is 11.0. The van der Waals surface area contributed by atoms with Gasteiger partial charge in [0.1, 0.15) is 0 Å². The van der Waals surface area contributed by atoms with Crippen LogP contribution in [0.2, 0.25) is 0 Å². The molecule has 0 bridgehead atoms. The van der Waals surface area contributed by atoms with Crippen LogP contribution in [0, 0.1) is 5.41 Å². The first kappa shape index (κ1) is 12.6. The maximum absolute atomic E-state index is 9.06. The third-order valence-corrected chi connectivity index (χ3v) is 3.52. The lowest BCUT2D eigenvalue weighted by molar-refractivity contribution is 0.238. The van der Waals surface area contributed by atoms with Crippen LogP contribution in [0.4, 0.5) is 0 Å². The molecule has 2 N–H and O–H groups in total. The molecule has 4 nitrogen and oxygen atoms in total. The summed E-state index contributed by atoms with van der Waals surface area (Å²) in [4.78, 5) is 0. The summed E-state index contributed by atoms with van der Waals surface area (Å²) in [5.41, 5.74) is 2.91. The van der Waals surface area contributed by atoms with Crippen molar-refractivity contribution in [1.82, 2.24) is 15.1 Å². The van der Waals surface area contributed by atoms with E-state index < -0.39 is 0 Å². The molecule has 1 atom stereocenters. The van der Waals surface area contributed by atoms with Gasteiger partial charge in [0, 0.05) is 17.3 Å². The van der Waals surface area contributed by atoms with Gasteiger partial charge in [0.05, 0.1) is 19.3 Å². The fourth-order valence-corrected chi connectivity index (χ4v) is 2.81. The van der Waals surface area contributed by atoms with Crippen molar-refractivity contribution in [3.63, 3.8) is 0 Å². The second kappa shape index (κ2) is 4.78. The SMILES string of the molecule is CCNC1CC(C)(C)Cc2c1cnn2CCO. The second-order valence-electron chi connectivity index (χ2n) is 5.65. The van der Waals surface area contributed by atoms with Crippen molar-refractivity contribution >= 4 is 0 Å². The molecule has 1 heterocycles. The average molecular weight is 237 g/mol. The molecule has 0 saturated heterocycles. The van der Waals surface area contributed by atoms with Gasteiger partial charge >= 0.3 is 0 Å². The van der Waals surface area contributed by atoms with E-state index in [0.29, 0.717) is 18.0 Å². The molecule has 0 amide bonds. The van der Waals surface area contributed by atoms with Gasteiger partial charge in [0.25, 0.3) is 0 Å². The Morgan fingerprint density at radius 3 is 3.00 bits per heavy atom. The van der Waals surface area contributed by atoms with Gasteiger partial charge in [-0.3, -0.25) is 4.68 Å². The highest BCUT2D eigenvalue weighted by molar-refractivity contribution is 5.27. The van der Waals surface area contributed by atoms with E-state index in [0.717, 1.165) is 19.4 Å². The van der Waals surface area contributed by atoms with Crippen LogP contribution in [0.25, 0.3) is 0 Å². The van der Waals surface area contributed by atoms with Crippen LogP contribution in [0.1, 0.15) is 44.5 Å². The van der Waals surface area contributed by atoms with E-state index in [9.17, 15) is 0 Å². The minimum atomic E-state index is 0.153. The van der Waals surface area contributed by atoms with Gasteiger partial charge in [0.15, 0.2) is 0 Å². The lowest BCUT2D eigenvalue weighted by Gasteiger charge is -2.36. The van der Waals surface area contributed by atoms with Crippen LogP contribution >= 0.6 is 0 Å². The Morgan fingerprint density at radius 2 is 2.35 bits per heavy atom. The number of fused-ring (bicyclic) bond motifs is 1. The molecule has 0 spiro atoms. The first-order valence-electron chi connectivity index (χ1n) is 6.46. The number of hydrogen-bond acceptors (Lipinski definition) is 3. The van der Waals surface area contributed by atoms with E-state index in [1.807, 2.05) is 10.9 Å². The molecule has 0 radical (unpaired) electrons. The largest absolute Gasteiger partial charge is 0.394 e. The van der Waals surface area contributed by atoms with E-state index in [4.69, 9.17) is 5.11 Å². The van der Waals surface area contributed by atoms with Crippen molar-refractivity contribution in [3.8, 4) is 0 Å². The van der Waals surface area contributed by atoms with Gasteiger partial charge in [-0.05, 0) is 24.8 Å². The Labute approximate surface area is 103 Å². The minimum absolute atomic E-state index is 0.153. The molecule has 1 aliphatic carbocycles. The number of aliphatic hydroxyl groups is 1. The average Bonchev–Trinajstić information content (AvgIpc) is 2.61. The number of nitrogens with one attached hydrogen (secondary N) is 1. The molecule has 0 aliphatic heterocycles. The van der Waals surface area contributed by atoms with Crippen LogP contribution in [-0.4, -0.2) is 28.0 Å². The molecule has 1 unspecified atom stereocenters. The van der Waals surface area contributed by atoms with Crippen LogP contribution in [0.15, 0.2) is 6.20 Å². The Balaban J connectivity index is 2.32. The summed E-state index contributed by atoms with van der Waals surface area (Å²) in [5.74, 6) is 0. The van der Waals surface area contributed by atoms with Gasteiger partial charge in [-0.2, -0.15) is 5.10 Å². The Kier molecular flexibility index (Phi) is 3.54. The molecule has 1 aromatic rings. The normalized spacial score (nSPS) is 22.5. The number of aliphatic hydroxyl groups excluding tert-OH is 1. The molecule has 1 aromatic heterocycles. The maximum Gasteiger partial charge on any atom is 0.0644 e. The van der Waals surface area contributed by atoms with Gasteiger partial charge in [-0.1, -0.05) is 20.8 Å². The molecular weight excluding hydrogens is 214 g/mol. The molecular formula is C13H23N3O. The summed E-state index contributed by atoms with van der Waals surface area (Å²) < 4.78 is 1.96. The summed E-state index contributed by atoms with van der Waals surface area (Å²) in [7, 11) is 0. The Bertz CT molecular complexity index is 384. The maximum atomic E-state index is 9.06. The van der Waals surface area contributed by atoms with E-state index >= 15 is 0 Å². The van der Waals surface area contributed by atoms with Crippen molar-refractivity contribution in [2.75, 3.05) is 13.2 Å². The number of nitrogens with zero attached hydrogens (tertiary/aromatic N) is 2. The van der Waals surface area contributed by atoms with E-state index in [-0.39, 0.29) is 6.61 Å². The molecule has 2 rings (SSSR count). The van der Waals surface area contributed by atoms with Gasteiger partial charge in [-0.15, -0.1) is 0 Å². The quantitative estimate of drug-likeness (QED) is 0.834. The summed E-state index contributed by atoms with van der Waals surface area (Å²) in [6.45, 7) is 8.47. The van der Waals surface area contributed by atoms with E-state index in [1.165, 1.54) is 11.3 Å². The van der Waals surface area contributed by atoms with Crippen LogP contribution < -0.4 is 5.32 Å². The molecule has 1 aliphatic rings. The fourth-order valence-electron chi connectivity index (χ4n) is 2.81. The van der Waals surface area contributed by atoms with Crippen molar-refractivity contribution < 1.29 is 5.11 Å². The highest BCUT2D eigenvalue weighted by Gasteiger charge is 2.34. The highest BCUT2D eigenvalue weighted by Crippen LogP contribution is 2.40. The van der Waals surface area contributed by atoms with Crippen LogP contribution in [-0.2, 0) is 13.0 Å². The Morgan fingerprint density at radius 1 is 1.59 bits per heavy atom. The number of hydrogen-bond donors (Lipinski definition) is 2. The van der Waals surface area contributed by atoms with Crippen molar-refractivity contribution in [2.45, 2.75) is 46.2 Å². The lowest BCUT2D eigenvalue weighted by atomic mass is 9.74. The van der Waals surface area contributed by atoms with Crippen molar-refractivity contribution in [2.24, 2.45) is 5.41 Å². The minimum Gasteiger partial charge on any atom is -0.394 e. The summed E-state index contributed by atoms with van der Waals surface area (Å²) in [6.07, 6.45) is 4.16. The molecule has 0 saturated carbocycles. The topological polar surface area (TPSA) is 50.1 Å². The highest BCUT2D eigenvalue weighted by atomic mass is 16.3. The summed E-state index contributed by atoms with van der Waals surface area (Å²) in [5, 5.41) is 17.0. The molecule has 17 heavy (non-hydrogen) atoms. The third kappa shape index (κ3) is 2.53. The molecule has 96 valence electrons. The van der Waals surface area contributed by atoms with Crippen molar-refractivity contribution in [1.29, 1.82) is 0 Å². The van der Waals surface area contributed by atoms with E-state index in [1.54, 1.807) is 0 Å². The molecule has 4 heteroatoms. The predicted molar refractivity (Wildman–Crippen MR) is 67.8 cm³/mol. The van der Waals surface area contributed by atoms with Gasteiger partial charge in [0.2, 0.25) is 0 Å². The zero-order chi connectivity index (χ0) is 12.5. The molecule has 0 aromatic carbocycles. The molecule has 0 fully saturated rings. The van der Waals surface area contributed by atoms with Gasteiger partial charge in [-0.25, -0.2) is 0 Å². The number of aromatic nitrogens is 2. The summed E-state index contributed by atoms with van der Waals surface area (Å²) in [6, 6.07) is 0.409. The second-order valence-corrected chi connectivity index (χ2v) is 5.65. The first-order valence-corrected chi connectivity index (χ1v) is 6.46. The monoisotopic (exact) mass is 237 g/mol. The zero-order valence-electron chi connectivity index (χ0n) is 11.0. The van der Waals surface area contributed by atoms with E-state index in [2.05, 4.69) is 31.2 Å². The van der Waals surface area contributed by atoms with Crippen LogP contribution in [0.5, 0.6) is 0 Å². The third-order valence-electron chi connectivity index (χ3n) is 3.52. The first-order chi connectivity index (χ1) is 8.07. The standard InChI is InChI=1S/C13H23N3O/c1-4-14-11-7-13(2,3)8-12-10(11)9-15-16(12)5-6-17/h9,11,14,17H,4-8H2,1-3H3.